The Kier molecular flexibility index (Phi) is 6.24. The summed E-state index contributed by atoms with van der Waals surface area (Å²) in [6.45, 7) is 4.55. The predicted molar refractivity (Wildman–Crippen MR) is 104 cm³/mol. The lowest BCUT2D eigenvalue weighted by molar-refractivity contribution is 0.305. The normalized spacial score (nSPS) is 10.6. The summed E-state index contributed by atoms with van der Waals surface area (Å²) in [5.74, 6) is 0.922. The summed E-state index contributed by atoms with van der Waals surface area (Å²) in [7, 11) is 0. The zero-order valence-electron chi connectivity index (χ0n) is 14.7. The van der Waals surface area contributed by atoms with Crippen LogP contribution in [0.3, 0.4) is 0 Å². The lowest BCUT2D eigenvalue weighted by atomic mass is 10.1. The van der Waals surface area contributed by atoms with Crippen molar-refractivity contribution >= 4 is 0 Å². The number of rotatable bonds is 8. The van der Waals surface area contributed by atoms with Crippen molar-refractivity contribution in [2.75, 3.05) is 6.54 Å². The molecule has 1 N–H and O–H groups in total. The van der Waals surface area contributed by atoms with Crippen LogP contribution in [0.4, 0.5) is 0 Å². The number of nitrogens with one attached hydrogen (secondary N) is 1. The molecule has 0 aliphatic heterocycles. The van der Waals surface area contributed by atoms with Gasteiger partial charge in [-0.15, -0.1) is 0 Å². The fourth-order valence-corrected chi connectivity index (χ4v) is 2.79. The van der Waals surface area contributed by atoms with Gasteiger partial charge in [0.2, 0.25) is 0 Å². The van der Waals surface area contributed by atoms with Gasteiger partial charge in [0, 0.05) is 6.54 Å². The van der Waals surface area contributed by atoms with Crippen LogP contribution in [0.2, 0.25) is 0 Å². The third-order valence-corrected chi connectivity index (χ3v) is 4.32. The minimum Gasteiger partial charge on any atom is -0.489 e. The predicted octanol–water partition coefficient (Wildman–Crippen LogP) is 4.91. The Morgan fingerprint density at radius 2 is 1.56 bits per heavy atom. The quantitative estimate of drug-likeness (QED) is 0.592. The minimum atomic E-state index is 0.609. The molecular formula is C23H25NO. The van der Waals surface area contributed by atoms with Crippen molar-refractivity contribution in [3.63, 3.8) is 0 Å². The van der Waals surface area contributed by atoms with Gasteiger partial charge in [0.25, 0.3) is 0 Å². The Morgan fingerprint density at radius 1 is 0.800 bits per heavy atom. The van der Waals surface area contributed by atoms with E-state index in [1.165, 1.54) is 22.3 Å². The van der Waals surface area contributed by atoms with Crippen LogP contribution in [0.15, 0.2) is 78.9 Å². The number of aryl methyl sites for hydroxylation is 1. The Hall–Kier alpha value is -2.58. The van der Waals surface area contributed by atoms with E-state index in [2.05, 4.69) is 85.0 Å². The van der Waals surface area contributed by atoms with Crippen molar-refractivity contribution in [2.24, 2.45) is 0 Å². The molecule has 0 aliphatic carbocycles. The van der Waals surface area contributed by atoms with E-state index in [9.17, 15) is 0 Å². The van der Waals surface area contributed by atoms with Gasteiger partial charge in [-0.2, -0.15) is 0 Å². The SMILES string of the molecule is Cc1ccccc1COc1cccc(CNCCc2ccccc2)c1. The molecule has 0 radical (unpaired) electrons. The molecule has 128 valence electrons. The second kappa shape index (κ2) is 9.05. The van der Waals surface area contributed by atoms with E-state index in [-0.39, 0.29) is 0 Å². The van der Waals surface area contributed by atoms with Gasteiger partial charge in [-0.1, -0.05) is 66.7 Å². The summed E-state index contributed by atoms with van der Waals surface area (Å²) in [6, 6.07) is 27.2. The zero-order valence-corrected chi connectivity index (χ0v) is 14.7. The molecule has 0 unspecified atom stereocenters. The van der Waals surface area contributed by atoms with Gasteiger partial charge in [0.1, 0.15) is 12.4 Å². The smallest absolute Gasteiger partial charge is 0.120 e. The Bertz CT molecular complexity index is 783. The number of hydrogen-bond donors (Lipinski definition) is 1. The summed E-state index contributed by atoms with van der Waals surface area (Å²) in [4.78, 5) is 0. The molecule has 0 saturated carbocycles. The molecule has 0 atom stereocenters. The molecule has 0 aromatic heterocycles. The van der Waals surface area contributed by atoms with E-state index in [1.807, 2.05) is 6.07 Å². The first-order valence-corrected chi connectivity index (χ1v) is 8.82. The van der Waals surface area contributed by atoms with E-state index < -0.39 is 0 Å². The standard InChI is InChI=1S/C23H25NO/c1-19-8-5-6-12-22(19)18-25-23-13-7-11-21(16-23)17-24-15-14-20-9-3-2-4-10-20/h2-13,16,24H,14-15,17-18H2,1H3. The Labute approximate surface area is 150 Å². The van der Waals surface area contributed by atoms with Gasteiger partial charge < -0.3 is 10.1 Å². The van der Waals surface area contributed by atoms with Gasteiger partial charge >= 0.3 is 0 Å². The first kappa shape index (κ1) is 17.2. The molecular weight excluding hydrogens is 306 g/mol. The lowest BCUT2D eigenvalue weighted by Gasteiger charge is -2.10. The summed E-state index contributed by atoms with van der Waals surface area (Å²) >= 11 is 0. The van der Waals surface area contributed by atoms with Crippen LogP contribution in [-0.2, 0) is 19.6 Å². The second-order valence-electron chi connectivity index (χ2n) is 6.27. The van der Waals surface area contributed by atoms with Crippen molar-refractivity contribution in [2.45, 2.75) is 26.5 Å². The zero-order chi connectivity index (χ0) is 17.3. The van der Waals surface area contributed by atoms with Crippen LogP contribution < -0.4 is 10.1 Å². The van der Waals surface area contributed by atoms with E-state index >= 15 is 0 Å². The molecule has 0 bridgehead atoms. The largest absolute Gasteiger partial charge is 0.489 e. The van der Waals surface area contributed by atoms with Crippen molar-refractivity contribution in [3.8, 4) is 5.75 Å². The monoisotopic (exact) mass is 331 g/mol. The number of benzene rings is 3. The highest BCUT2D eigenvalue weighted by molar-refractivity contribution is 5.30. The van der Waals surface area contributed by atoms with Gasteiger partial charge in [-0.05, 0) is 54.3 Å². The van der Waals surface area contributed by atoms with E-state index in [4.69, 9.17) is 4.74 Å². The van der Waals surface area contributed by atoms with Crippen LogP contribution >= 0.6 is 0 Å². The summed E-state index contributed by atoms with van der Waals surface area (Å²) < 4.78 is 5.96. The molecule has 0 spiro atoms. The molecule has 3 aromatic carbocycles. The maximum Gasteiger partial charge on any atom is 0.120 e. The Balaban J connectivity index is 1.47. The minimum absolute atomic E-state index is 0.609. The summed E-state index contributed by atoms with van der Waals surface area (Å²) in [6.07, 6.45) is 1.05. The topological polar surface area (TPSA) is 21.3 Å². The first-order valence-electron chi connectivity index (χ1n) is 8.82. The molecule has 0 saturated heterocycles. The highest BCUT2D eigenvalue weighted by Crippen LogP contribution is 2.16. The van der Waals surface area contributed by atoms with Crippen LogP contribution in [0.25, 0.3) is 0 Å². The maximum atomic E-state index is 5.96. The summed E-state index contributed by atoms with van der Waals surface area (Å²) in [5.41, 5.74) is 5.11. The average Bonchev–Trinajstić information content (AvgIpc) is 2.66. The van der Waals surface area contributed by atoms with Crippen LogP contribution in [0.5, 0.6) is 5.75 Å². The van der Waals surface area contributed by atoms with E-state index in [0.717, 1.165) is 25.3 Å². The van der Waals surface area contributed by atoms with Crippen LogP contribution in [0, 0.1) is 6.92 Å². The molecule has 0 fully saturated rings. The molecule has 2 nitrogen and oxygen atoms in total. The maximum absolute atomic E-state index is 5.96. The van der Waals surface area contributed by atoms with Gasteiger partial charge in [0.05, 0.1) is 0 Å². The highest BCUT2D eigenvalue weighted by Gasteiger charge is 2.01. The molecule has 3 rings (SSSR count). The van der Waals surface area contributed by atoms with Crippen molar-refractivity contribution in [3.05, 3.63) is 101 Å². The molecule has 3 aromatic rings. The van der Waals surface area contributed by atoms with Gasteiger partial charge in [0.15, 0.2) is 0 Å². The number of hydrogen-bond acceptors (Lipinski definition) is 2. The Morgan fingerprint density at radius 3 is 2.40 bits per heavy atom. The van der Waals surface area contributed by atoms with Gasteiger partial charge in [-0.3, -0.25) is 0 Å². The van der Waals surface area contributed by atoms with Crippen molar-refractivity contribution < 1.29 is 4.74 Å². The van der Waals surface area contributed by atoms with E-state index in [0.29, 0.717) is 6.61 Å². The van der Waals surface area contributed by atoms with E-state index in [1.54, 1.807) is 0 Å². The first-order chi connectivity index (χ1) is 12.3. The van der Waals surface area contributed by atoms with Crippen LogP contribution in [-0.4, -0.2) is 6.54 Å². The highest BCUT2D eigenvalue weighted by atomic mass is 16.5. The second-order valence-corrected chi connectivity index (χ2v) is 6.27. The fourth-order valence-electron chi connectivity index (χ4n) is 2.79. The molecule has 25 heavy (non-hydrogen) atoms. The number of ether oxygens (including phenoxy) is 1. The van der Waals surface area contributed by atoms with Crippen molar-refractivity contribution in [1.29, 1.82) is 0 Å². The average molecular weight is 331 g/mol. The molecule has 0 heterocycles. The molecule has 0 amide bonds. The molecule has 0 aliphatic rings. The third kappa shape index (κ3) is 5.47. The van der Waals surface area contributed by atoms with Crippen LogP contribution in [0.1, 0.15) is 22.3 Å². The van der Waals surface area contributed by atoms with Crippen molar-refractivity contribution in [1.82, 2.24) is 5.32 Å². The summed E-state index contributed by atoms with van der Waals surface area (Å²) in [5, 5.41) is 3.50. The fraction of sp³-hybridized carbons (Fsp3) is 0.217. The van der Waals surface area contributed by atoms with Gasteiger partial charge in [-0.25, -0.2) is 0 Å². The lowest BCUT2D eigenvalue weighted by Crippen LogP contribution is -2.16. The third-order valence-electron chi connectivity index (χ3n) is 4.32. The molecule has 2 heteroatoms.